The summed E-state index contributed by atoms with van der Waals surface area (Å²) in [5.41, 5.74) is 7.96. The van der Waals surface area contributed by atoms with Gasteiger partial charge >= 0.3 is 12.0 Å². The highest BCUT2D eigenvalue weighted by Gasteiger charge is 2.28. The minimum Gasteiger partial charge on any atom is -0.448 e. The Morgan fingerprint density at radius 3 is 2.00 bits per heavy atom. The minimum atomic E-state index is -1.08. The number of imide groups is 1. The molecule has 3 amide bonds. The van der Waals surface area contributed by atoms with E-state index in [2.05, 4.69) is 0 Å². The molecule has 6 nitrogen and oxygen atoms in total. The smallest absolute Gasteiger partial charge is 0.339 e. The molecule has 0 spiro atoms. The van der Waals surface area contributed by atoms with Gasteiger partial charge in [-0.05, 0) is 37.8 Å². The summed E-state index contributed by atoms with van der Waals surface area (Å²) in [4.78, 5) is 35.1. The molecule has 0 aliphatic carbocycles. The van der Waals surface area contributed by atoms with Crippen molar-refractivity contribution in [2.24, 2.45) is 11.7 Å². The average molecular weight is 306 g/mol. The van der Waals surface area contributed by atoms with Gasteiger partial charge in [0.2, 0.25) is 0 Å². The number of urea groups is 1. The number of aryl methyl sites for hydroxylation is 3. The molecular formula is C16H22N2O4. The number of rotatable bonds is 4. The van der Waals surface area contributed by atoms with E-state index in [1.165, 1.54) is 0 Å². The fourth-order valence-corrected chi connectivity index (χ4v) is 2.36. The van der Waals surface area contributed by atoms with Crippen LogP contribution < -0.4 is 11.1 Å². The Morgan fingerprint density at radius 2 is 1.59 bits per heavy atom. The maximum Gasteiger partial charge on any atom is 0.339 e. The van der Waals surface area contributed by atoms with Crippen molar-refractivity contribution in [1.29, 1.82) is 0 Å². The summed E-state index contributed by atoms with van der Waals surface area (Å²) < 4.78 is 5.30. The van der Waals surface area contributed by atoms with Crippen LogP contribution in [0.5, 0.6) is 0 Å². The van der Waals surface area contributed by atoms with Crippen molar-refractivity contribution in [3.05, 3.63) is 34.4 Å². The van der Waals surface area contributed by atoms with Crippen LogP contribution in [0.3, 0.4) is 0 Å². The zero-order valence-corrected chi connectivity index (χ0v) is 13.5. The highest BCUT2D eigenvalue weighted by atomic mass is 16.5. The van der Waals surface area contributed by atoms with Crippen LogP contribution in [-0.2, 0) is 9.53 Å². The Bertz CT molecular complexity index is 585. The summed E-state index contributed by atoms with van der Waals surface area (Å²) in [5.74, 6) is -1.61. The van der Waals surface area contributed by atoms with E-state index < -0.39 is 24.0 Å². The quantitative estimate of drug-likeness (QED) is 0.831. The molecule has 0 radical (unpaired) electrons. The van der Waals surface area contributed by atoms with E-state index in [9.17, 15) is 14.4 Å². The molecule has 1 rings (SSSR count). The van der Waals surface area contributed by atoms with Gasteiger partial charge in [0.1, 0.15) is 0 Å². The summed E-state index contributed by atoms with van der Waals surface area (Å²) in [6.07, 6.45) is -1.08. The van der Waals surface area contributed by atoms with Crippen LogP contribution in [0.25, 0.3) is 0 Å². The first-order chi connectivity index (χ1) is 10.1. The van der Waals surface area contributed by atoms with E-state index in [1.54, 1.807) is 13.8 Å². The molecule has 1 aromatic carbocycles. The van der Waals surface area contributed by atoms with Gasteiger partial charge in [-0.25, -0.2) is 9.59 Å². The largest absolute Gasteiger partial charge is 0.448 e. The van der Waals surface area contributed by atoms with Gasteiger partial charge in [-0.3, -0.25) is 10.1 Å². The Hall–Kier alpha value is -2.37. The zero-order valence-electron chi connectivity index (χ0n) is 13.5. The predicted octanol–water partition coefficient (Wildman–Crippen LogP) is 1.99. The number of nitrogens with two attached hydrogens (primary N) is 1. The molecule has 22 heavy (non-hydrogen) atoms. The van der Waals surface area contributed by atoms with Crippen LogP contribution >= 0.6 is 0 Å². The topological polar surface area (TPSA) is 98.5 Å². The summed E-state index contributed by atoms with van der Waals surface area (Å²) >= 11 is 0. The van der Waals surface area contributed by atoms with E-state index in [4.69, 9.17) is 10.5 Å². The lowest BCUT2D eigenvalue weighted by Crippen LogP contribution is -2.45. The lowest BCUT2D eigenvalue weighted by atomic mass is 9.99. The van der Waals surface area contributed by atoms with Crippen LogP contribution in [-0.4, -0.2) is 24.0 Å². The summed E-state index contributed by atoms with van der Waals surface area (Å²) in [7, 11) is 0. The van der Waals surface area contributed by atoms with Crippen LogP contribution in [0.2, 0.25) is 0 Å². The molecule has 0 fully saturated rings. The van der Waals surface area contributed by atoms with Gasteiger partial charge in [-0.2, -0.15) is 0 Å². The molecule has 0 aliphatic rings. The number of hydrogen-bond donors (Lipinski definition) is 2. The number of carbonyl (C=O) groups excluding carboxylic acids is 3. The second-order valence-corrected chi connectivity index (χ2v) is 5.70. The number of benzene rings is 1. The number of esters is 1. The van der Waals surface area contributed by atoms with E-state index >= 15 is 0 Å². The molecule has 3 N–H and O–H groups in total. The average Bonchev–Trinajstić information content (AvgIpc) is 2.33. The number of carbonyl (C=O) groups is 3. The summed E-state index contributed by atoms with van der Waals surface area (Å²) in [6.45, 7) is 8.99. The fraction of sp³-hybridized carbons (Fsp3) is 0.438. The van der Waals surface area contributed by atoms with Crippen LogP contribution in [0.4, 0.5) is 4.79 Å². The standard InChI is InChI=1S/C16H22N2O4/c1-8(2)13(14(19)18-16(17)21)22-15(20)12-10(4)6-9(3)7-11(12)5/h6-8,13H,1-5H3,(H3,17,18,19,21). The molecule has 0 saturated heterocycles. The van der Waals surface area contributed by atoms with E-state index in [1.807, 2.05) is 38.2 Å². The first-order valence-corrected chi connectivity index (χ1v) is 7.02. The third-order valence-electron chi connectivity index (χ3n) is 3.23. The second kappa shape index (κ2) is 7.06. The van der Waals surface area contributed by atoms with Gasteiger partial charge in [0.05, 0.1) is 5.56 Å². The Labute approximate surface area is 130 Å². The van der Waals surface area contributed by atoms with Gasteiger partial charge in [0.25, 0.3) is 5.91 Å². The van der Waals surface area contributed by atoms with Crippen LogP contribution in [0.15, 0.2) is 12.1 Å². The van der Waals surface area contributed by atoms with Crippen LogP contribution in [0.1, 0.15) is 40.9 Å². The van der Waals surface area contributed by atoms with Crippen molar-refractivity contribution in [2.45, 2.75) is 40.7 Å². The van der Waals surface area contributed by atoms with Crippen molar-refractivity contribution in [3.63, 3.8) is 0 Å². The first-order valence-electron chi connectivity index (χ1n) is 7.02. The Kier molecular flexibility index (Phi) is 5.68. The second-order valence-electron chi connectivity index (χ2n) is 5.70. The van der Waals surface area contributed by atoms with Crippen molar-refractivity contribution in [1.82, 2.24) is 5.32 Å². The maximum atomic E-state index is 12.4. The summed E-state index contributed by atoms with van der Waals surface area (Å²) in [6, 6.07) is 2.77. The maximum absolute atomic E-state index is 12.4. The van der Waals surface area contributed by atoms with Crippen molar-refractivity contribution in [2.75, 3.05) is 0 Å². The highest BCUT2D eigenvalue weighted by molar-refractivity contribution is 5.99. The molecule has 1 aromatic rings. The number of ether oxygens (including phenoxy) is 1. The summed E-state index contributed by atoms with van der Waals surface area (Å²) in [5, 5.41) is 1.94. The molecule has 1 atom stereocenters. The first kappa shape index (κ1) is 17.7. The van der Waals surface area contributed by atoms with E-state index in [0.29, 0.717) is 5.56 Å². The number of primary amides is 1. The molecule has 0 bridgehead atoms. The van der Waals surface area contributed by atoms with Crippen molar-refractivity contribution in [3.8, 4) is 0 Å². The van der Waals surface area contributed by atoms with E-state index in [-0.39, 0.29) is 5.92 Å². The molecule has 120 valence electrons. The monoisotopic (exact) mass is 306 g/mol. The van der Waals surface area contributed by atoms with Gasteiger partial charge in [-0.15, -0.1) is 0 Å². The van der Waals surface area contributed by atoms with Crippen LogP contribution in [0, 0.1) is 26.7 Å². The highest BCUT2D eigenvalue weighted by Crippen LogP contribution is 2.19. The Morgan fingerprint density at radius 1 is 1.09 bits per heavy atom. The lowest BCUT2D eigenvalue weighted by Gasteiger charge is -2.21. The van der Waals surface area contributed by atoms with Gasteiger partial charge in [0, 0.05) is 0 Å². The predicted molar refractivity (Wildman–Crippen MR) is 82.4 cm³/mol. The molecule has 6 heteroatoms. The molecule has 0 aromatic heterocycles. The Balaban J connectivity index is 3.02. The normalized spacial score (nSPS) is 11.9. The lowest BCUT2D eigenvalue weighted by molar-refractivity contribution is -0.130. The molecule has 1 unspecified atom stereocenters. The van der Waals surface area contributed by atoms with Gasteiger partial charge in [-0.1, -0.05) is 31.5 Å². The fourth-order valence-electron chi connectivity index (χ4n) is 2.36. The van der Waals surface area contributed by atoms with Gasteiger partial charge in [0.15, 0.2) is 6.10 Å². The number of hydrogen-bond acceptors (Lipinski definition) is 4. The third-order valence-corrected chi connectivity index (χ3v) is 3.23. The SMILES string of the molecule is Cc1cc(C)c(C(=O)OC(C(=O)NC(N)=O)C(C)C)c(C)c1. The molecule has 0 heterocycles. The van der Waals surface area contributed by atoms with Gasteiger partial charge < -0.3 is 10.5 Å². The van der Waals surface area contributed by atoms with Crippen molar-refractivity contribution >= 4 is 17.9 Å². The zero-order chi connectivity index (χ0) is 17.0. The number of amides is 3. The third kappa shape index (κ3) is 4.31. The van der Waals surface area contributed by atoms with E-state index in [0.717, 1.165) is 16.7 Å². The molecule has 0 aliphatic heterocycles. The van der Waals surface area contributed by atoms with Crippen molar-refractivity contribution < 1.29 is 19.1 Å². The molecule has 0 saturated carbocycles. The molecular weight excluding hydrogens is 284 g/mol. The number of nitrogens with one attached hydrogen (secondary N) is 1. The minimum absolute atomic E-state index is 0.297.